The average molecular weight is 311 g/mol. The van der Waals surface area contributed by atoms with Crippen LogP contribution in [0.4, 0.5) is 0 Å². The zero-order valence-corrected chi connectivity index (χ0v) is 13.2. The molecule has 19 heavy (non-hydrogen) atoms. The molecule has 0 bridgehead atoms. The van der Waals surface area contributed by atoms with Crippen LogP contribution in [0.15, 0.2) is 36.4 Å². The molecule has 0 saturated heterocycles. The van der Waals surface area contributed by atoms with Crippen LogP contribution in [-0.4, -0.2) is 11.0 Å². The summed E-state index contributed by atoms with van der Waals surface area (Å²) >= 11 is 9.29. The molecule has 1 aromatic carbocycles. The molecule has 4 heteroatoms. The second-order valence-corrected chi connectivity index (χ2v) is 7.63. The molecule has 0 aliphatic heterocycles. The highest BCUT2D eigenvalue weighted by molar-refractivity contribution is 7.99. The maximum Gasteiger partial charge on any atom is 0.202 e. The molecule has 0 aliphatic carbocycles. The first kappa shape index (κ1) is 14.6. The summed E-state index contributed by atoms with van der Waals surface area (Å²) < 4.78 is 0. The Labute approximate surface area is 127 Å². The molecule has 0 amide bonds. The molecular formula is C15H15ClOS2. The average Bonchev–Trinajstić information content (AvgIpc) is 2.85. The molecular weight excluding hydrogens is 296 g/mol. The highest BCUT2D eigenvalue weighted by atomic mass is 35.5. The molecule has 0 saturated carbocycles. The second-order valence-electron chi connectivity index (χ2n) is 4.46. The van der Waals surface area contributed by atoms with Crippen molar-refractivity contribution in [3.05, 3.63) is 56.7 Å². The monoisotopic (exact) mass is 310 g/mol. The van der Waals surface area contributed by atoms with Crippen LogP contribution in [0.1, 0.15) is 34.0 Å². The largest absolute Gasteiger partial charge is 0.288 e. The molecule has 0 aliphatic rings. The molecule has 0 N–H and O–H groups in total. The smallest absolute Gasteiger partial charge is 0.202 e. The maximum atomic E-state index is 12.3. The number of hydrogen-bond donors (Lipinski definition) is 0. The van der Waals surface area contributed by atoms with E-state index in [1.807, 2.05) is 23.9 Å². The lowest BCUT2D eigenvalue weighted by atomic mass is 10.1. The van der Waals surface area contributed by atoms with E-state index in [1.54, 1.807) is 35.6 Å². The van der Waals surface area contributed by atoms with Crippen molar-refractivity contribution in [3.8, 4) is 0 Å². The van der Waals surface area contributed by atoms with Crippen molar-refractivity contribution in [1.29, 1.82) is 0 Å². The van der Waals surface area contributed by atoms with Gasteiger partial charge in [-0.3, -0.25) is 4.79 Å². The molecule has 2 aromatic rings. The molecule has 1 heterocycles. The van der Waals surface area contributed by atoms with Crippen molar-refractivity contribution in [3.63, 3.8) is 0 Å². The first-order valence-electron chi connectivity index (χ1n) is 6.07. The van der Waals surface area contributed by atoms with Crippen molar-refractivity contribution in [2.75, 3.05) is 0 Å². The number of benzene rings is 1. The van der Waals surface area contributed by atoms with Crippen molar-refractivity contribution >= 4 is 40.5 Å². The Morgan fingerprint density at radius 2 is 1.89 bits per heavy atom. The highest BCUT2D eigenvalue weighted by Gasteiger charge is 2.12. The van der Waals surface area contributed by atoms with Gasteiger partial charge in [0.25, 0.3) is 0 Å². The van der Waals surface area contributed by atoms with E-state index in [0.717, 1.165) is 10.6 Å². The lowest BCUT2D eigenvalue weighted by Crippen LogP contribution is -1.97. The third-order valence-corrected chi connectivity index (χ3v) is 5.21. The van der Waals surface area contributed by atoms with Crippen molar-refractivity contribution in [2.24, 2.45) is 0 Å². The Morgan fingerprint density at radius 3 is 2.53 bits per heavy atom. The summed E-state index contributed by atoms with van der Waals surface area (Å²) in [4.78, 5) is 14.3. The van der Waals surface area contributed by atoms with Crippen LogP contribution in [0.3, 0.4) is 0 Å². The fourth-order valence-corrected chi connectivity index (χ4v) is 3.49. The molecule has 0 spiro atoms. The van der Waals surface area contributed by atoms with Crippen LogP contribution < -0.4 is 0 Å². The van der Waals surface area contributed by atoms with E-state index in [4.69, 9.17) is 11.6 Å². The van der Waals surface area contributed by atoms with Crippen LogP contribution in [0.25, 0.3) is 0 Å². The van der Waals surface area contributed by atoms with E-state index in [-0.39, 0.29) is 5.78 Å². The molecule has 0 unspecified atom stereocenters. The third-order valence-electron chi connectivity index (χ3n) is 2.55. The molecule has 0 fully saturated rings. The minimum Gasteiger partial charge on any atom is -0.288 e. The normalized spacial score (nSPS) is 10.9. The summed E-state index contributed by atoms with van der Waals surface area (Å²) in [6, 6.07) is 11.0. The molecule has 0 radical (unpaired) electrons. The minimum absolute atomic E-state index is 0.0717. The fraction of sp³-hybridized carbons (Fsp3) is 0.267. The summed E-state index contributed by atoms with van der Waals surface area (Å²) in [6.45, 7) is 4.36. The Morgan fingerprint density at radius 1 is 1.21 bits per heavy atom. The fourth-order valence-electron chi connectivity index (χ4n) is 1.57. The van der Waals surface area contributed by atoms with E-state index in [9.17, 15) is 4.79 Å². The van der Waals surface area contributed by atoms with E-state index in [0.29, 0.717) is 15.8 Å². The molecule has 1 nitrogen and oxygen atoms in total. The Hall–Kier alpha value is -0.770. The number of rotatable bonds is 5. The summed E-state index contributed by atoms with van der Waals surface area (Å²) in [5, 5.41) is 1.26. The van der Waals surface area contributed by atoms with Gasteiger partial charge in [-0.2, -0.15) is 11.8 Å². The Balaban J connectivity index is 2.09. The van der Waals surface area contributed by atoms with E-state index in [1.165, 1.54) is 4.88 Å². The topological polar surface area (TPSA) is 17.1 Å². The third kappa shape index (κ3) is 4.10. The van der Waals surface area contributed by atoms with Crippen LogP contribution in [0.5, 0.6) is 0 Å². The Bertz CT molecular complexity index is 558. The zero-order valence-electron chi connectivity index (χ0n) is 10.9. The van der Waals surface area contributed by atoms with E-state index >= 15 is 0 Å². The number of ketones is 1. The van der Waals surface area contributed by atoms with Crippen LogP contribution in [-0.2, 0) is 5.75 Å². The van der Waals surface area contributed by atoms with Gasteiger partial charge in [-0.25, -0.2) is 0 Å². The maximum absolute atomic E-state index is 12.3. The van der Waals surface area contributed by atoms with Gasteiger partial charge in [0.1, 0.15) is 0 Å². The van der Waals surface area contributed by atoms with Gasteiger partial charge in [0, 0.05) is 21.2 Å². The van der Waals surface area contributed by atoms with Gasteiger partial charge < -0.3 is 0 Å². The van der Waals surface area contributed by atoms with Gasteiger partial charge in [-0.05, 0) is 41.6 Å². The van der Waals surface area contributed by atoms with Crippen LogP contribution in [0, 0.1) is 0 Å². The summed E-state index contributed by atoms with van der Waals surface area (Å²) in [7, 11) is 0. The van der Waals surface area contributed by atoms with E-state index in [2.05, 4.69) is 13.8 Å². The summed E-state index contributed by atoms with van der Waals surface area (Å²) in [6.07, 6.45) is 0. The Kier molecular flexibility index (Phi) is 5.08. The van der Waals surface area contributed by atoms with Gasteiger partial charge in [0.05, 0.1) is 4.88 Å². The van der Waals surface area contributed by atoms with Gasteiger partial charge in [0.15, 0.2) is 0 Å². The van der Waals surface area contributed by atoms with Crippen LogP contribution in [0.2, 0.25) is 5.02 Å². The van der Waals surface area contributed by atoms with Crippen molar-refractivity contribution in [1.82, 2.24) is 0 Å². The van der Waals surface area contributed by atoms with Gasteiger partial charge in [0.2, 0.25) is 5.78 Å². The highest BCUT2D eigenvalue weighted by Crippen LogP contribution is 2.25. The number of thioether (sulfide) groups is 1. The van der Waals surface area contributed by atoms with Crippen molar-refractivity contribution in [2.45, 2.75) is 24.9 Å². The number of thiophene rings is 1. The standard InChI is InChI=1S/C15H15ClOS2/c1-10(2)18-9-13-7-8-14(19-13)15(17)11-3-5-12(16)6-4-11/h3-8,10H,9H2,1-2H3. The lowest BCUT2D eigenvalue weighted by molar-refractivity contribution is 0.104. The molecule has 1 aromatic heterocycles. The van der Waals surface area contributed by atoms with Crippen molar-refractivity contribution < 1.29 is 4.79 Å². The molecule has 100 valence electrons. The molecule has 2 rings (SSSR count). The predicted molar refractivity (Wildman–Crippen MR) is 85.6 cm³/mol. The van der Waals surface area contributed by atoms with Gasteiger partial charge >= 0.3 is 0 Å². The predicted octanol–water partition coefficient (Wildman–Crippen LogP) is 5.27. The summed E-state index contributed by atoms with van der Waals surface area (Å²) in [5.74, 6) is 1.04. The van der Waals surface area contributed by atoms with E-state index < -0.39 is 0 Å². The number of hydrogen-bond acceptors (Lipinski definition) is 3. The quantitative estimate of drug-likeness (QED) is 0.699. The SMILES string of the molecule is CC(C)SCc1ccc(C(=O)c2ccc(Cl)cc2)s1. The number of halogens is 1. The number of carbonyl (C=O) groups is 1. The lowest BCUT2D eigenvalue weighted by Gasteiger charge is -2.01. The molecule has 0 atom stereocenters. The van der Waals surface area contributed by atoms with Crippen LogP contribution >= 0.6 is 34.7 Å². The minimum atomic E-state index is 0.0717. The number of carbonyl (C=O) groups excluding carboxylic acids is 1. The van der Waals surface area contributed by atoms with Gasteiger partial charge in [-0.15, -0.1) is 11.3 Å². The summed E-state index contributed by atoms with van der Waals surface area (Å²) in [5.41, 5.74) is 0.689. The van der Waals surface area contributed by atoms with Gasteiger partial charge in [-0.1, -0.05) is 25.4 Å². The first-order chi connectivity index (χ1) is 9.06. The first-order valence-corrected chi connectivity index (χ1v) is 8.31. The zero-order chi connectivity index (χ0) is 13.8. The second kappa shape index (κ2) is 6.60.